The molecule has 0 aliphatic carbocycles. The van der Waals surface area contributed by atoms with Crippen LogP contribution in [0.3, 0.4) is 0 Å². The number of aromatic amines is 1. The van der Waals surface area contributed by atoms with E-state index in [0.29, 0.717) is 22.8 Å². The van der Waals surface area contributed by atoms with Gasteiger partial charge in [0.2, 0.25) is 0 Å². The van der Waals surface area contributed by atoms with Gasteiger partial charge in [0.1, 0.15) is 11.4 Å². The highest BCUT2D eigenvalue weighted by atomic mass is 16.5. The summed E-state index contributed by atoms with van der Waals surface area (Å²) >= 11 is 0. The molecule has 0 saturated heterocycles. The number of anilines is 1. The molecule has 6 nitrogen and oxygen atoms in total. The van der Waals surface area contributed by atoms with Crippen molar-refractivity contribution in [3.8, 4) is 22.8 Å². The Balaban J connectivity index is 2.44. The van der Waals surface area contributed by atoms with E-state index < -0.39 is 5.97 Å². The Bertz CT molecular complexity index is 634. The summed E-state index contributed by atoms with van der Waals surface area (Å²) in [5.41, 5.74) is 7.59. The number of esters is 1. The van der Waals surface area contributed by atoms with Crippen LogP contribution >= 0.6 is 0 Å². The molecule has 1 aromatic carbocycles. The third-order valence-electron chi connectivity index (χ3n) is 2.95. The van der Waals surface area contributed by atoms with Gasteiger partial charge in [0.25, 0.3) is 0 Å². The first-order chi connectivity index (χ1) is 9.60. The molecule has 0 unspecified atom stereocenters. The fourth-order valence-corrected chi connectivity index (χ4v) is 1.91. The summed E-state index contributed by atoms with van der Waals surface area (Å²) in [6.45, 7) is 0. The maximum absolute atomic E-state index is 11.5. The van der Waals surface area contributed by atoms with Gasteiger partial charge in [0, 0.05) is 11.3 Å². The maximum Gasteiger partial charge on any atom is 0.341 e. The number of benzene rings is 1. The topological polar surface area (TPSA) is 86.6 Å². The van der Waals surface area contributed by atoms with E-state index in [1.807, 2.05) is 6.07 Å². The Kier molecular flexibility index (Phi) is 3.84. The van der Waals surface area contributed by atoms with Crippen LogP contribution in [0.15, 0.2) is 24.3 Å². The van der Waals surface area contributed by atoms with E-state index in [2.05, 4.69) is 9.72 Å². The number of carbonyl (C=O) groups is 1. The van der Waals surface area contributed by atoms with Crippen molar-refractivity contribution < 1.29 is 19.0 Å². The minimum Gasteiger partial charge on any atom is -0.493 e. The van der Waals surface area contributed by atoms with Crippen molar-refractivity contribution in [2.45, 2.75) is 0 Å². The van der Waals surface area contributed by atoms with E-state index in [0.717, 1.165) is 5.56 Å². The van der Waals surface area contributed by atoms with Crippen molar-refractivity contribution in [1.29, 1.82) is 0 Å². The minimum atomic E-state index is -0.481. The molecule has 6 heteroatoms. The zero-order chi connectivity index (χ0) is 14.7. The standard InChI is InChI=1S/C14H16N2O4/c1-18-11-5-4-8(6-12(11)19-2)10-7-9(13(15)16-10)14(17)20-3/h4-7,16H,15H2,1-3H3. The summed E-state index contributed by atoms with van der Waals surface area (Å²) in [6.07, 6.45) is 0. The van der Waals surface area contributed by atoms with Crippen molar-refractivity contribution in [3.63, 3.8) is 0 Å². The minimum absolute atomic E-state index is 0.265. The zero-order valence-corrected chi connectivity index (χ0v) is 11.5. The van der Waals surface area contributed by atoms with Crippen molar-refractivity contribution in [2.75, 3.05) is 27.1 Å². The van der Waals surface area contributed by atoms with Crippen LogP contribution in [0.4, 0.5) is 5.82 Å². The first kappa shape index (κ1) is 13.8. The molecule has 0 fully saturated rings. The van der Waals surface area contributed by atoms with Crippen LogP contribution in [0.1, 0.15) is 10.4 Å². The Labute approximate surface area is 116 Å². The third-order valence-corrected chi connectivity index (χ3v) is 2.95. The molecule has 0 amide bonds. The first-order valence-corrected chi connectivity index (χ1v) is 5.90. The Morgan fingerprint density at radius 2 is 1.80 bits per heavy atom. The molecule has 3 N–H and O–H groups in total. The SMILES string of the molecule is COC(=O)c1cc(-c2ccc(OC)c(OC)c2)[nH]c1N. The lowest BCUT2D eigenvalue weighted by Crippen LogP contribution is -2.02. The second-order valence-corrected chi connectivity index (χ2v) is 4.07. The molecular weight excluding hydrogens is 260 g/mol. The second kappa shape index (κ2) is 5.56. The van der Waals surface area contributed by atoms with Crippen molar-refractivity contribution >= 4 is 11.8 Å². The van der Waals surface area contributed by atoms with Gasteiger partial charge in [-0.3, -0.25) is 0 Å². The lowest BCUT2D eigenvalue weighted by molar-refractivity contribution is 0.0602. The van der Waals surface area contributed by atoms with E-state index in [-0.39, 0.29) is 5.82 Å². The fourth-order valence-electron chi connectivity index (χ4n) is 1.91. The quantitative estimate of drug-likeness (QED) is 0.835. The third kappa shape index (κ3) is 2.40. The number of nitrogens with one attached hydrogen (secondary N) is 1. The fraction of sp³-hybridized carbons (Fsp3) is 0.214. The van der Waals surface area contributed by atoms with Gasteiger partial charge in [-0.05, 0) is 24.3 Å². The first-order valence-electron chi connectivity index (χ1n) is 5.90. The summed E-state index contributed by atoms with van der Waals surface area (Å²) in [5, 5.41) is 0. The van der Waals surface area contributed by atoms with E-state index >= 15 is 0 Å². The smallest absolute Gasteiger partial charge is 0.341 e. The molecule has 0 saturated carbocycles. The van der Waals surface area contributed by atoms with Gasteiger partial charge in [-0.1, -0.05) is 0 Å². The van der Waals surface area contributed by atoms with Crippen LogP contribution < -0.4 is 15.2 Å². The molecule has 0 radical (unpaired) electrons. The van der Waals surface area contributed by atoms with Crippen molar-refractivity contribution in [1.82, 2.24) is 4.98 Å². The Morgan fingerprint density at radius 3 is 2.40 bits per heavy atom. The highest BCUT2D eigenvalue weighted by molar-refractivity contribution is 5.96. The Morgan fingerprint density at radius 1 is 1.10 bits per heavy atom. The summed E-state index contributed by atoms with van der Waals surface area (Å²) in [6, 6.07) is 7.06. The highest BCUT2D eigenvalue weighted by Crippen LogP contribution is 2.33. The average molecular weight is 276 g/mol. The molecule has 2 rings (SSSR count). The summed E-state index contributed by atoms with van der Waals surface area (Å²) < 4.78 is 15.1. The number of rotatable bonds is 4. The van der Waals surface area contributed by atoms with Crippen LogP contribution in [0.25, 0.3) is 11.3 Å². The van der Waals surface area contributed by atoms with Crippen LogP contribution in [0, 0.1) is 0 Å². The number of ether oxygens (including phenoxy) is 3. The van der Waals surface area contributed by atoms with Crippen LogP contribution in [-0.4, -0.2) is 32.3 Å². The number of hydrogen-bond donors (Lipinski definition) is 2. The molecule has 106 valence electrons. The van der Waals surface area contributed by atoms with Gasteiger partial charge >= 0.3 is 5.97 Å². The summed E-state index contributed by atoms with van der Waals surface area (Å²) in [4.78, 5) is 14.5. The molecule has 0 bridgehead atoms. The van der Waals surface area contributed by atoms with Crippen LogP contribution in [0.5, 0.6) is 11.5 Å². The van der Waals surface area contributed by atoms with Crippen molar-refractivity contribution in [2.24, 2.45) is 0 Å². The van der Waals surface area contributed by atoms with Gasteiger partial charge in [0.05, 0.1) is 21.3 Å². The number of H-pyrrole nitrogens is 1. The van der Waals surface area contributed by atoms with Gasteiger partial charge < -0.3 is 24.9 Å². The van der Waals surface area contributed by atoms with E-state index in [9.17, 15) is 4.79 Å². The monoisotopic (exact) mass is 276 g/mol. The van der Waals surface area contributed by atoms with E-state index in [1.165, 1.54) is 7.11 Å². The molecule has 0 spiro atoms. The van der Waals surface area contributed by atoms with Gasteiger partial charge in [-0.2, -0.15) is 0 Å². The largest absolute Gasteiger partial charge is 0.493 e. The van der Waals surface area contributed by atoms with Crippen molar-refractivity contribution in [3.05, 3.63) is 29.8 Å². The number of methoxy groups -OCH3 is 3. The molecule has 20 heavy (non-hydrogen) atoms. The average Bonchev–Trinajstić information content (AvgIpc) is 2.87. The van der Waals surface area contributed by atoms with E-state index in [4.69, 9.17) is 15.2 Å². The molecule has 1 heterocycles. The normalized spacial score (nSPS) is 10.2. The number of carbonyl (C=O) groups excluding carboxylic acids is 1. The van der Waals surface area contributed by atoms with E-state index in [1.54, 1.807) is 32.4 Å². The summed E-state index contributed by atoms with van der Waals surface area (Å²) in [7, 11) is 4.44. The molecule has 1 aromatic heterocycles. The predicted octanol–water partition coefficient (Wildman–Crippen LogP) is 2.07. The zero-order valence-electron chi connectivity index (χ0n) is 11.5. The summed E-state index contributed by atoms with van der Waals surface area (Å²) in [5.74, 6) is 1.01. The van der Waals surface area contributed by atoms with Crippen LogP contribution in [-0.2, 0) is 4.74 Å². The van der Waals surface area contributed by atoms with Crippen LogP contribution in [0.2, 0.25) is 0 Å². The van der Waals surface area contributed by atoms with Gasteiger partial charge in [0.15, 0.2) is 11.5 Å². The Hall–Kier alpha value is -2.63. The maximum atomic E-state index is 11.5. The predicted molar refractivity (Wildman–Crippen MR) is 75.1 cm³/mol. The van der Waals surface area contributed by atoms with Gasteiger partial charge in [-0.15, -0.1) is 0 Å². The number of nitrogens with two attached hydrogens (primary N) is 1. The number of aromatic nitrogens is 1. The molecular formula is C14H16N2O4. The second-order valence-electron chi connectivity index (χ2n) is 4.07. The molecule has 0 atom stereocenters. The molecule has 2 aromatic rings. The number of nitrogen functional groups attached to an aromatic ring is 1. The lowest BCUT2D eigenvalue weighted by atomic mass is 10.1. The molecule has 0 aliphatic rings. The number of hydrogen-bond acceptors (Lipinski definition) is 5. The van der Waals surface area contributed by atoms with Gasteiger partial charge in [-0.25, -0.2) is 4.79 Å². The molecule has 0 aliphatic heterocycles. The highest BCUT2D eigenvalue weighted by Gasteiger charge is 2.15. The lowest BCUT2D eigenvalue weighted by Gasteiger charge is -2.08.